The van der Waals surface area contributed by atoms with Crippen LogP contribution in [0.25, 0.3) is 11.0 Å². The van der Waals surface area contributed by atoms with Gasteiger partial charge < -0.3 is 14.4 Å². The predicted molar refractivity (Wildman–Crippen MR) is 79.7 cm³/mol. The van der Waals surface area contributed by atoms with Gasteiger partial charge in [0.1, 0.15) is 24.7 Å². The molecule has 0 saturated carbocycles. The van der Waals surface area contributed by atoms with Crippen molar-refractivity contribution in [2.45, 2.75) is 39.0 Å². The van der Waals surface area contributed by atoms with Gasteiger partial charge in [-0.05, 0) is 18.2 Å². The first-order valence-electron chi connectivity index (χ1n) is 6.85. The minimum absolute atomic E-state index is 0.0761. The number of aromatic nitrogens is 2. The monoisotopic (exact) mass is 314 g/mol. The largest absolute Gasteiger partial charge is 0.388 e. The Morgan fingerprint density at radius 1 is 1.29 bits per heavy atom. The van der Waals surface area contributed by atoms with Crippen LogP contribution >= 0.6 is 0 Å². The molecular formula is C14H20F2N2O2Si. The van der Waals surface area contributed by atoms with Gasteiger partial charge in [0.25, 0.3) is 0 Å². The van der Waals surface area contributed by atoms with E-state index in [-0.39, 0.29) is 24.7 Å². The van der Waals surface area contributed by atoms with Crippen molar-refractivity contribution in [1.29, 1.82) is 0 Å². The molecule has 1 aromatic carbocycles. The van der Waals surface area contributed by atoms with E-state index in [1.54, 1.807) is 4.57 Å². The first-order valence-corrected chi connectivity index (χ1v) is 10.6. The molecule has 0 aliphatic carbocycles. The fourth-order valence-corrected chi connectivity index (χ4v) is 2.74. The Morgan fingerprint density at radius 3 is 2.62 bits per heavy atom. The van der Waals surface area contributed by atoms with Gasteiger partial charge in [-0.2, -0.15) is 0 Å². The molecule has 0 spiro atoms. The zero-order valence-electron chi connectivity index (χ0n) is 12.5. The molecule has 1 heterocycles. The summed E-state index contributed by atoms with van der Waals surface area (Å²) < 4.78 is 34.1. The van der Waals surface area contributed by atoms with Gasteiger partial charge in [0.2, 0.25) is 0 Å². The fourth-order valence-electron chi connectivity index (χ4n) is 1.98. The first-order chi connectivity index (χ1) is 9.83. The molecule has 0 fully saturated rings. The van der Waals surface area contributed by atoms with Gasteiger partial charge in [-0.15, -0.1) is 0 Å². The summed E-state index contributed by atoms with van der Waals surface area (Å²) >= 11 is 0. The smallest absolute Gasteiger partial charge is 0.186 e. The number of halogens is 2. The van der Waals surface area contributed by atoms with Crippen molar-refractivity contribution in [1.82, 2.24) is 9.55 Å². The molecule has 0 amide bonds. The third kappa shape index (κ3) is 3.66. The summed E-state index contributed by atoms with van der Waals surface area (Å²) in [7, 11) is -1.18. The minimum atomic E-state index is -1.18. The molecule has 0 aliphatic rings. The molecule has 1 aromatic heterocycles. The quantitative estimate of drug-likeness (QED) is 0.658. The lowest BCUT2D eigenvalue weighted by molar-refractivity contribution is 0.0845. The molecule has 4 nitrogen and oxygen atoms in total. The van der Waals surface area contributed by atoms with E-state index >= 15 is 0 Å². The van der Waals surface area contributed by atoms with Crippen molar-refractivity contribution in [3.05, 3.63) is 29.6 Å². The number of aliphatic hydroxyl groups is 1. The van der Waals surface area contributed by atoms with Crippen LogP contribution in [0.5, 0.6) is 0 Å². The van der Waals surface area contributed by atoms with E-state index in [1.807, 2.05) is 0 Å². The van der Waals surface area contributed by atoms with Crippen LogP contribution in [0, 0.1) is 11.6 Å². The number of aliphatic hydroxyl groups excluding tert-OH is 1. The zero-order valence-corrected chi connectivity index (χ0v) is 13.5. The van der Waals surface area contributed by atoms with E-state index < -0.39 is 19.7 Å². The van der Waals surface area contributed by atoms with Gasteiger partial charge in [-0.1, -0.05) is 19.6 Å². The van der Waals surface area contributed by atoms with E-state index in [4.69, 9.17) is 4.74 Å². The molecule has 116 valence electrons. The van der Waals surface area contributed by atoms with E-state index in [0.717, 1.165) is 12.1 Å². The van der Waals surface area contributed by atoms with Crippen LogP contribution in [0.4, 0.5) is 8.78 Å². The number of hydrogen-bond donors (Lipinski definition) is 1. The molecule has 2 aromatic rings. The highest BCUT2D eigenvalue weighted by Crippen LogP contribution is 2.22. The number of hydrogen-bond acceptors (Lipinski definition) is 3. The van der Waals surface area contributed by atoms with Gasteiger partial charge in [0.15, 0.2) is 11.6 Å². The molecule has 0 unspecified atom stereocenters. The number of imidazole rings is 1. The number of fused-ring (bicyclic) bond motifs is 1. The third-order valence-corrected chi connectivity index (χ3v) is 4.95. The Balaban J connectivity index is 2.20. The average molecular weight is 314 g/mol. The number of ether oxygens (including phenoxy) is 1. The topological polar surface area (TPSA) is 47.3 Å². The lowest BCUT2D eigenvalue weighted by atomic mass is 10.3. The summed E-state index contributed by atoms with van der Waals surface area (Å²) in [5.74, 6) is -1.68. The number of benzene rings is 1. The second-order valence-corrected chi connectivity index (χ2v) is 11.8. The zero-order chi connectivity index (χ0) is 15.6. The van der Waals surface area contributed by atoms with Crippen LogP contribution in [0.3, 0.4) is 0 Å². The molecule has 2 rings (SSSR count). The standard InChI is InChI=1S/C14H20F2N2O2Si/c1-21(2,3)7-6-20-9-18-11-5-4-10(15)13(16)14(11)17-12(18)8-19/h4-5,19H,6-9H2,1-3H3. The van der Waals surface area contributed by atoms with Crippen LogP contribution < -0.4 is 0 Å². The van der Waals surface area contributed by atoms with Crippen LogP contribution in [-0.2, 0) is 18.1 Å². The molecule has 0 aliphatic heterocycles. The van der Waals surface area contributed by atoms with Crippen LogP contribution in [0.2, 0.25) is 25.7 Å². The van der Waals surface area contributed by atoms with Crippen molar-refractivity contribution in [2.24, 2.45) is 0 Å². The molecule has 0 atom stereocenters. The van der Waals surface area contributed by atoms with Crippen molar-refractivity contribution in [3.63, 3.8) is 0 Å². The second-order valence-electron chi connectivity index (χ2n) is 6.19. The van der Waals surface area contributed by atoms with Crippen molar-refractivity contribution in [2.75, 3.05) is 6.61 Å². The average Bonchev–Trinajstić information content (AvgIpc) is 2.76. The van der Waals surface area contributed by atoms with Crippen LogP contribution in [0.1, 0.15) is 5.82 Å². The van der Waals surface area contributed by atoms with Gasteiger partial charge >= 0.3 is 0 Å². The Bertz CT molecular complexity index is 638. The van der Waals surface area contributed by atoms with Crippen molar-refractivity contribution >= 4 is 19.1 Å². The van der Waals surface area contributed by atoms with Gasteiger partial charge in [0, 0.05) is 14.7 Å². The maximum absolute atomic E-state index is 13.7. The van der Waals surface area contributed by atoms with Crippen molar-refractivity contribution in [3.8, 4) is 0 Å². The van der Waals surface area contributed by atoms with Crippen LogP contribution in [-0.4, -0.2) is 29.3 Å². The lowest BCUT2D eigenvalue weighted by Crippen LogP contribution is -2.22. The van der Waals surface area contributed by atoms with E-state index in [1.165, 1.54) is 6.07 Å². The SMILES string of the molecule is C[Si](C)(C)CCOCn1c(CO)nc2c(F)c(F)ccc21. The molecular weight excluding hydrogens is 294 g/mol. The second kappa shape index (κ2) is 6.21. The Labute approximate surface area is 123 Å². The molecule has 7 heteroatoms. The Hall–Kier alpha value is -1.31. The first kappa shape index (κ1) is 16.1. The highest BCUT2D eigenvalue weighted by molar-refractivity contribution is 6.76. The Morgan fingerprint density at radius 2 is 2.00 bits per heavy atom. The number of nitrogens with zero attached hydrogens (tertiary/aromatic N) is 2. The van der Waals surface area contributed by atoms with E-state index in [9.17, 15) is 13.9 Å². The lowest BCUT2D eigenvalue weighted by Gasteiger charge is -2.16. The molecule has 0 radical (unpaired) electrons. The van der Waals surface area contributed by atoms with Crippen molar-refractivity contribution < 1.29 is 18.6 Å². The highest BCUT2D eigenvalue weighted by Gasteiger charge is 2.17. The molecule has 1 N–H and O–H groups in total. The summed E-state index contributed by atoms with van der Waals surface area (Å²) in [5.41, 5.74) is 0.346. The van der Waals surface area contributed by atoms with Gasteiger partial charge in [-0.25, -0.2) is 13.8 Å². The Kier molecular flexibility index (Phi) is 4.75. The molecule has 21 heavy (non-hydrogen) atoms. The maximum Gasteiger partial charge on any atom is 0.186 e. The van der Waals surface area contributed by atoms with E-state index in [2.05, 4.69) is 24.6 Å². The van der Waals surface area contributed by atoms with Crippen LogP contribution in [0.15, 0.2) is 12.1 Å². The summed E-state index contributed by atoms with van der Waals surface area (Å²) in [6, 6.07) is 3.51. The predicted octanol–water partition coefficient (Wildman–Crippen LogP) is 3.12. The summed E-state index contributed by atoms with van der Waals surface area (Å²) in [6.07, 6.45) is 0. The summed E-state index contributed by atoms with van der Waals surface area (Å²) in [4.78, 5) is 3.95. The van der Waals surface area contributed by atoms with E-state index in [0.29, 0.717) is 12.1 Å². The normalized spacial score (nSPS) is 12.3. The summed E-state index contributed by atoms with van der Waals surface area (Å²) in [5, 5.41) is 9.32. The van der Waals surface area contributed by atoms with Gasteiger partial charge in [0.05, 0.1) is 5.52 Å². The minimum Gasteiger partial charge on any atom is -0.388 e. The third-order valence-electron chi connectivity index (χ3n) is 3.25. The molecule has 0 saturated heterocycles. The van der Waals surface area contributed by atoms with Gasteiger partial charge in [-0.3, -0.25) is 0 Å². The maximum atomic E-state index is 13.7. The highest BCUT2D eigenvalue weighted by atomic mass is 28.3. The number of rotatable bonds is 6. The fraction of sp³-hybridized carbons (Fsp3) is 0.500. The molecule has 0 bridgehead atoms. The summed E-state index contributed by atoms with van der Waals surface area (Å²) in [6.45, 7) is 7.17.